The Balaban J connectivity index is 1.54. The third-order valence-electron chi connectivity index (χ3n) is 5.65. The van der Waals surface area contributed by atoms with Crippen LogP contribution in [0.2, 0.25) is 0 Å². The van der Waals surface area contributed by atoms with Gasteiger partial charge >= 0.3 is 6.09 Å². The Morgan fingerprint density at radius 2 is 1.60 bits per heavy atom. The molecule has 0 bridgehead atoms. The van der Waals surface area contributed by atoms with E-state index in [1.807, 2.05) is 0 Å². The second-order valence-electron chi connectivity index (χ2n) is 9.40. The van der Waals surface area contributed by atoms with Gasteiger partial charge in [-0.25, -0.2) is 4.79 Å². The summed E-state index contributed by atoms with van der Waals surface area (Å²) in [5.74, 6) is -1.32. The van der Waals surface area contributed by atoms with E-state index in [9.17, 15) is 24.0 Å². The first-order valence-electron chi connectivity index (χ1n) is 11.5. The molecule has 1 aromatic rings. The van der Waals surface area contributed by atoms with Gasteiger partial charge in [-0.3, -0.25) is 24.1 Å². The molecular weight excluding hydrogens is 456 g/mol. The molecule has 2 aliphatic heterocycles. The minimum Gasteiger partial charge on any atom is -0.444 e. The van der Waals surface area contributed by atoms with E-state index in [0.29, 0.717) is 44.8 Å². The number of carbonyl (C=O) groups excluding carboxylic acids is 5. The molecule has 1 saturated heterocycles. The first-order valence-corrected chi connectivity index (χ1v) is 11.5. The van der Waals surface area contributed by atoms with Crippen molar-refractivity contribution in [3.05, 3.63) is 34.9 Å². The number of benzene rings is 1. The van der Waals surface area contributed by atoms with Crippen LogP contribution in [0, 0.1) is 0 Å². The predicted molar refractivity (Wildman–Crippen MR) is 125 cm³/mol. The normalized spacial score (nSPS) is 15.8. The average Bonchev–Trinajstić information content (AvgIpc) is 3.05. The smallest absolute Gasteiger partial charge is 0.408 e. The van der Waals surface area contributed by atoms with Crippen LogP contribution in [0.25, 0.3) is 0 Å². The van der Waals surface area contributed by atoms with E-state index in [0.717, 1.165) is 0 Å². The maximum absolute atomic E-state index is 13.0. The van der Waals surface area contributed by atoms with Gasteiger partial charge in [-0.15, -0.1) is 0 Å². The predicted octanol–water partition coefficient (Wildman–Crippen LogP) is 1.13. The third kappa shape index (κ3) is 6.36. The van der Waals surface area contributed by atoms with Crippen molar-refractivity contribution in [2.24, 2.45) is 0 Å². The van der Waals surface area contributed by atoms with Gasteiger partial charge in [-0.1, -0.05) is 0 Å². The van der Waals surface area contributed by atoms with E-state index in [4.69, 9.17) is 9.47 Å². The number of carbonyl (C=O) groups is 5. The van der Waals surface area contributed by atoms with Gasteiger partial charge in [0.1, 0.15) is 12.1 Å². The minimum absolute atomic E-state index is 0.190. The zero-order chi connectivity index (χ0) is 25.8. The number of hydrogen-bond donors (Lipinski definition) is 1. The van der Waals surface area contributed by atoms with Crippen molar-refractivity contribution in [1.29, 1.82) is 0 Å². The summed E-state index contributed by atoms with van der Waals surface area (Å²) in [5.41, 5.74) is 0.170. The van der Waals surface area contributed by atoms with Crippen LogP contribution >= 0.6 is 0 Å². The van der Waals surface area contributed by atoms with Crippen LogP contribution in [0.4, 0.5) is 4.79 Å². The molecule has 190 valence electrons. The van der Waals surface area contributed by atoms with Crippen molar-refractivity contribution < 1.29 is 33.4 Å². The largest absolute Gasteiger partial charge is 0.444 e. The number of amides is 5. The Labute approximate surface area is 204 Å². The number of imide groups is 1. The van der Waals surface area contributed by atoms with E-state index in [1.165, 1.54) is 17.0 Å². The lowest BCUT2D eigenvalue weighted by Gasteiger charge is -2.35. The van der Waals surface area contributed by atoms with Crippen molar-refractivity contribution in [2.75, 3.05) is 53.0 Å². The summed E-state index contributed by atoms with van der Waals surface area (Å²) in [4.78, 5) is 66.8. The first kappa shape index (κ1) is 26.1. The lowest BCUT2D eigenvalue weighted by atomic mass is 10.0. The van der Waals surface area contributed by atoms with Crippen molar-refractivity contribution >= 4 is 29.7 Å². The SMILES string of the molecule is COCCCN1C(=O)c2ccc(C(=O)N3CCN(C(=O)CNC(=O)OC(C)(C)C)CC3)cc2C1=O. The Hall–Kier alpha value is -3.47. The Bertz CT molecular complexity index is 1010. The molecule has 0 spiro atoms. The molecular formula is C24H32N4O7. The molecule has 11 heteroatoms. The van der Waals surface area contributed by atoms with Crippen LogP contribution in [-0.2, 0) is 14.3 Å². The van der Waals surface area contributed by atoms with E-state index in [-0.39, 0.29) is 41.9 Å². The molecule has 2 heterocycles. The van der Waals surface area contributed by atoms with Crippen molar-refractivity contribution in [3.8, 4) is 0 Å². The highest BCUT2D eigenvalue weighted by molar-refractivity contribution is 6.22. The van der Waals surface area contributed by atoms with Crippen LogP contribution in [0.5, 0.6) is 0 Å². The van der Waals surface area contributed by atoms with Gasteiger partial charge in [-0.2, -0.15) is 0 Å². The van der Waals surface area contributed by atoms with Crippen LogP contribution in [0.15, 0.2) is 18.2 Å². The molecule has 1 N–H and O–H groups in total. The molecule has 35 heavy (non-hydrogen) atoms. The molecule has 2 aliphatic rings. The van der Waals surface area contributed by atoms with Gasteiger partial charge in [0.15, 0.2) is 0 Å². The average molecular weight is 489 g/mol. The van der Waals surface area contributed by atoms with Crippen LogP contribution < -0.4 is 5.32 Å². The van der Waals surface area contributed by atoms with Crippen LogP contribution in [0.3, 0.4) is 0 Å². The second-order valence-corrected chi connectivity index (χ2v) is 9.40. The standard InChI is InChI=1S/C24H32N4O7/c1-24(2,3)35-23(33)25-15-19(29)26-9-11-27(12-10-26)20(30)16-6-7-17-18(14-16)22(32)28(21(17)31)8-5-13-34-4/h6-7,14H,5,8-13,15H2,1-4H3,(H,25,33). The molecule has 1 fully saturated rings. The summed E-state index contributed by atoms with van der Waals surface area (Å²) in [5, 5.41) is 2.44. The fraction of sp³-hybridized carbons (Fsp3) is 0.542. The molecule has 1 aromatic carbocycles. The minimum atomic E-state index is -0.665. The molecule has 3 rings (SSSR count). The summed E-state index contributed by atoms with van der Waals surface area (Å²) >= 11 is 0. The van der Waals surface area contributed by atoms with Gasteiger partial charge in [0, 0.05) is 52.0 Å². The molecule has 0 radical (unpaired) electrons. The number of nitrogens with one attached hydrogen (secondary N) is 1. The van der Waals surface area contributed by atoms with E-state index >= 15 is 0 Å². The molecule has 0 unspecified atom stereocenters. The Kier molecular flexibility index (Phi) is 8.11. The number of alkyl carbamates (subject to hydrolysis) is 1. The van der Waals surface area contributed by atoms with E-state index in [2.05, 4.69) is 5.32 Å². The summed E-state index contributed by atoms with van der Waals surface area (Å²) < 4.78 is 10.1. The van der Waals surface area contributed by atoms with Crippen LogP contribution in [-0.4, -0.2) is 103 Å². The topological polar surface area (TPSA) is 126 Å². The molecule has 0 saturated carbocycles. The highest BCUT2D eigenvalue weighted by Gasteiger charge is 2.36. The van der Waals surface area contributed by atoms with Crippen molar-refractivity contribution in [1.82, 2.24) is 20.0 Å². The summed E-state index contributed by atoms with van der Waals surface area (Å²) in [6.07, 6.45) is -0.133. The number of piperazine rings is 1. The van der Waals surface area contributed by atoms with Crippen molar-refractivity contribution in [2.45, 2.75) is 32.8 Å². The third-order valence-corrected chi connectivity index (χ3v) is 5.65. The molecule has 0 aromatic heterocycles. The lowest BCUT2D eigenvalue weighted by molar-refractivity contribution is -0.131. The van der Waals surface area contributed by atoms with Gasteiger partial charge in [-0.05, 0) is 45.4 Å². The summed E-state index contributed by atoms with van der Waals surface area (Å²) in [6.45, 7) is 6.95. The van der Waals surface area contributed by atoms with Crippen molar-refractivity contribution in [3.63, 3.8) is 0 Å². The number of fused-ring (bicyclic) bond motifs is 1. The Morgan fingerprint density at radius 3 is 2.23 bits per heavy atom. The lowest BCUT2D eigenvalue weighted by Crippen LogP contribution is -2.52. The number of ether oxygens (including phenoxy) is 2. The fourth-order valence-corrected chi connectivity index (χ4v) is 3.91. The zero-order valence-electron chi connectivity index (χ0n) is 20.6. The summed E-state index contributed by atoms with van der Waals surface area (Å²) in [7, 11) is 1.55. The molecule has 11 nitrogen and oxygen atoms in total. The summed E-state index contributed by atoms with van der Waals surface area (Å²) in [6, 6.07) is 4.53. The molecule has 0 atom stereocenters. The number of hydrogen-bond acceptors (Lipinski definition) is 7. The van der Waals surface area contributed by atoms with E-state index in [1.54, 1.807) is 43.7 Å². The van der Waals surface area contributed by atoms with Gasteiger partial charge < -0.3 is 24.6 Å². The molecule has 5 amide bonds. The highest BCUT2D eigenvalue weighted by atomic mass is 16.6. The van der Waals surface area contributed by atoms with Gasteiger partial charge in [0.25, 0.3) is 17.7 Å². The van der Waals surface area contributed by atoms with Crippen LogP contribution in [0.1, 0.15) is 58.3 Å². The number of methoxy groups -OCH3 is 1. The zero-order valence-corrected chi connectivity index (χ0v) is 20.6. The molecule has 0 aliphatic carbocycles. The quantitative estimate of drug-likeness (QED) is 0.450. The van der Waals surface area contributed by atoms with Gasteiger partial charge in [0.2, 0.25) is 5.91 Å². The number of nitrogens with zero attached hydrogens (tertiary/aromatic N) is 3. The maximum atomic E-state index is 13.0. The highest BCUT2D eigenvalue weighted by Crippen LogP contribution is 2.25. The maximum Gasteiger partial charge on any atom is 0.408 e. The van der Waals surface area contributed by atoms with Gasteiger partial charge in [0.05, 0.1) is 11.1 Å². The first-order chi connectivity index (χ1) is 16.5. The van der Waals surface area contributed by atoms with E-state index < -0.39 is 17.6 Å². The monoisotopic (exact) mass is 488 g/mol. The Morgan fingerprint density at radius 1 is 0.971 bits per heavy atom. The fourth-order valence-electron chi connectivity index (χ4n) is 3.91. The number of rotatable bonds is 7. The second kappa shape index (κ2) is 10.9.